The first-order valence-electron chi connectivity index (χ1n) is 11.1. The van der Waals surface area contributed by atoms with Gasteiger partial charge in [0.15, 0.2) is 11.5 Å². The fourth-order valence-electron chi connectivity index (χ4n) is 4.09. The molecule has 8 heteroatoms. The predicted octanol–water partition coefficient (Wildman–Crippen LogP) is 2.48. The van der Waals surface area contributed by atoms with Crippen molar-refractivity contribution >= 4 is 11.8 Å². The lowest BCUT2D eigenvalue weighted by Crippen LogP contribution is -2.59. The molecule has 4 rings (SSSR count). The van der Waals surface area contributed by atoms with Crippen LogP contribution in [0.3, 0.4) is 0 Å². The SMILES string of the molecule is COc1cccc(C(=O)N2CCN(Cc3ccccc3)CC2C(N)=O)c1OCc1ccccn1. The van der Waals surface area contributed by atoms with Crippen molar-refractivity contribution in [1.29, 1.82) is 0 Å². The number of hydrogen-bond donors (Lipinski definition) is 1. The van der Waals surface area contributed by atoms with Crippen LogP contribution in [0.1, 0.15) is 21.6 Å². The first-order valence-corrected chi connectivity index (χ1v) is 11.1. The summed E-state index contributed by atoms with van der Waals surface area (Å²) in [6, 6.07) is 19.9. The van der Waals surface area contributed by atoms with Gasteiger partial charge >= 0.3 is 0 Å². The number of carbonyl (C=O) groups is 2. The summed E-state index contributed by atoms with van der Waals surface area (Å²) in [7, 11) is 1.52. The first-order chi connectivity index (χ1) is 16.6. The molecule has 0 spiro atoms. The van der Waals surface area contributed by atoms with Gasteiger partial charge in [0.2, 0.25) is 5.91 Å². The van der Waals surface area contributed by atoms with E-state index in [0.29, 0.717) is 43.2 Å². The second-order valence-electron chi connectivity index (χ2n) is 8.08. The Morgan fingerprint density at radius 3 is 2.53 bits per heavy atom. The molecule has 1 aromatic heterocycles. The monoisotopic (exact) mass is 460 g/mol. The number of primary amides is 1. The van der Waals surface area contributed by atoms with Gasteiger partial charge in [-0.15, -0.1) is 0 Å². The Hall–Kier alpha value is -3.91. The molecule has 1 aliphatic rings. The highest BCUT2D eigenvalue weighted by molar-refractivity contribution is 6.00. The smallest absolute Gasteiger partial charge is 0.258 e. The summed E-state index contributed by atoms with van der Waals surface area (Å²) in [5, 5.41) is 0. The maximum absolute atomic E-state index is 13.6. The average Bonchev–Trinajstić information content (AvgIpc) is 2.88. The minimum absolute atomic E-state index is 0.172. The van der Waals surface area contributed by atoms with E-state index in [-0.39, 0.29) is 12.5 Å². The quantitative estimate of drug-likeness (QED) is 0.555. The van der Waals surface area contributed by atoms with E-state index in [0.717, 1.165) is 11.3 Å². The predicted molar refractivity (Wildman–Crippen MR) is 127 cm³/mol. The number of aromatic nitrogens is 1. The van der Waals surface area contributed by atoms with Gasteiger partial charge in [0.1, 0.15) is 12.6 Å². The third-order valence-electron chi connectivity index (χ3n) is 5.82. The van der Waals surface area contributed by atoms with Gasteiger partial charge in [0.25, 0.3) is 5.91 Å². The van der Waals surface area contributed by atoms with Crippen LogP contribution in [0.2, 0.25) is 0 Å². The highest BCUT2D eigenvalue weighted by atomic mass is 16.5. The third kappa shape index (κ3) is 5.35. The molecule has 2 amide bonds. The van der Waals surface area contributed by atoms with Gasteiger partial charge < -0.3 is 20.1 Å². The zero-order valence-electron chi connectivity index (χ0n) is 19.1. The van der Waals surface area contributed by atoms with E-state index in [9.17, 15) is 9.59 Å². The molecule has 2 aromatic carbocycles. The van der Waals surface area contributed by atoms with Crippen molar-refractivity contribution in [3.05, 3.63) is 89.7 Å². The number of hydrogen-bond acceptors (Lipinski definition) is 6. The Bertz CT molecular complexity index is 1120. The number of pyridine rings is 1. The Morgan fingerprint density at radius 2 is 1.82 bits per heavy atom. The van der Waals surface area contributed by atoms with E-state index in [1.165, 1.54) is 12.0 Å². The van der Waals surface area contributed by atoms with Crippen LogP contribution in [0.4, 0.5) is 0 Å². The Morgan fingerprint density at radius 1 is 1.03 bits per heavy atom. The number of piperazine rings is 1. The molecular weight excluding hydrogens is 432 g/mol. The summed E-state index contributed by atoms with van der Waals surface area (Å²) in [5.74, 6) is -0.112. The van der Waals surface area contributed by atoms with Crippen LogP contribution in [-0.2, 0) is 17.9 Å². The van der Waals surface area contributed by atoms with Crippen LogP contribution in [0, 0.1) is 0 Å². The number of para-hydroxylation sites is 1. The number of carbonyl (C=O) groups excluding carboxylic acids is 2. The molecule has 1 aliphatic heterocycles. The van der Waals surface area contributed by atoms with Gasteiger partial charge in [-0.05, 0) is 29.8 Å². The maximum Gasteiger partial charge on any atom is 0.258 e. The van der Waals surface area contributed by atoms with Crippen molar-refractivity contribution < 1.29 is 19.1 Å². The highest BCUT2D eigenvalue weighted by Gasteiger charge is 2.36. The Kier molecular flexibility index (Phi) is 7.39. The van der Waals surface area contributed by atoms with Gasteiger partial charge in [0.05, 0.1) is 18.4 Å². The molecule has 176 valence electrons. The number of amides is 2. The van der Waals surface area contributed by atoms with Crippen molar-refractivity contribution in [1.82, 2.24) is 14.8 Å². The molecule has 2 heterocycles. The largest absolute Gasteiger partial charge is 0.493 e. The number of ether oxygens (including phenoxy) is 2. The number of benzene rings is 2. The van der Waals surface area contributed by atoms with E-state index in [2.05, 4.69) is 9.88 Å². The van der Waals surface area contributed by atoms with Crippen molar-refractivity contribution in [2.75, 3.05) is 26.7 Å². The molecule has 34 heavy (non-hydrogen) atoms. The van der Waals surface area contributed by atoms with Crippen LogP contribution < -0.4 is 15.2 Å². The third-order valence-corrected chi connectivity index (χ3v) is 5.82. The van der Waals surface area contributed by atoms with Gasteiger partial charge in [-0.25, -0.2) is 0 Å². The number of nitrogens with two attached hydrogens (primary N) is 1. The number of nitrogens with zero attached hydrogens (tertiary/aromatic N) is 3. The van der Waals surface area contributed by atoms with E-state index < -0.39 is 11.9 Å². The zero-order valence-corrected chi connectivity index (χ0v) is 19.1. The van der Waals surface area contributed by atoms with Crippen molar-refractivity contribution in [3.63, 3.8) is 0 Å². The second-order valence-corrected chi connectivity index (χ2v) is 8.08. The summed E-state index contributed by atoms with van der Waals surface area (Å²) in [6.45, 7) is 2.22. The van der Waals surface area contributed by atoms with Gasteiger partial charge in [-0.2, -0.15) is 0 Å². The van der Waals surface area contributed by atoms with Gasteiger partial charge in [-0.1, -0.05) is 42.5 Å². The molecule has 0 bridgehead atoms. The van der Waals surface area contributed by atoms with E-state index in [4.69, 9.17) is 15.2 Å². The maximum atomic E-state index is 13.6. The molecule has 0 aliphatic carbocycles. The summed E-state index contributed by atoms with van der Waals surface area (Å²) in [4.78, 5) is 33.9. The fraction of sp³-hybridized carbons (Fsp3) is 0.269. The van der Waals surface area contributed by atoms with E-state index in [1.807, 2.05) is 48.5 Å². The van der Waals surface area contributed by atoms with Crippen LogP contribution in [0.25, 0.3) is 0 Å². The summed E-state index contributed by atoms with van der Waals surface area (Å²) in [5.41, 5.74) is 7.91. The van der Waals surface area contributed by atoms with Crippen LogP contribution in [0.5, 0.6) is 11.5 Å². The summed E-state index contributed by atoms with van der Waals surface area (Å²) in [6.07, 6.45) is 1.68. The Balaban J connectivity index is 1.54. The lowest BCUT2D eigenvalue weighted by Gasteiger charge is -2.40. The number of methoxy groups -OCH3 is 1. The van der Waals surface area contributed by atoms with E-state index >= 15 is 0 Å². The minimum atomic E-state index is -0.750. The molecule has 1 unspecified atom stereocenters. The van der Waals surface area contributed by atoms with E-state index in [1.54, 1.807) is 24.4 Å². The fourth-order valence-corrected chi connectivity index (χ4v) is 4.09. The minimum Gasteiger partial charge on any atom is -0.493 e. The molecule has 0 radical (unpaired) electrons. The summed E-state index contributed by atoms with van der Waals surface area (Å²) >= 11 is 0. The lowest BCUT2D eigenvalue weighted by atomic mass is 10.1. The molecule has 8 nitrogen and oxygen atoms in total. The molecular formula is C26H28N4O4. The van der Waals surface area contributed by atoms with Crippen molar-refractivity contribution in [3.8, 4) is 11.5 Å². The molecule has 3 aromatic rings. The molecule has 2 N–H and O–H groups in total. The topological polar surface area (TPSA) is 98.0 Å². The van der Waals surface area contributed by atoms with Crippen LogP contribution in [-0.4, -0.2) is 59.4 Å². The molecule has 1 saturated heterocycles. The zero-order chi connectivity index (χ0) is 23.9. The van der Waals surface area contributed by atoms with Crippen LogP contribution in [0.15, 0.2) is 72.9 Å². The second kappa shape index (κ2) is 10.8. The standard InChI is InChI=1S/C26H28N4O4/c1-33-23-12-7-11-21(24(23)34-18-20-10-5-6-13-28-20)26(32)30-15-14-29(17-22(30)25(27)31)16-19-8-3-2-4-9-19/h2-13,22H,14-18H2,1H3,(H2,27,31). The lowest BCUT2D eigenvalue weighted by molar-refractivity contribution is -0.124. The van der Waals surface area contributed by atoms with Crippen LogP contribution >= 0.6 is 0 Å². The Labute approximate surface area is 198 Å². The molecule has 1 atom stereocenters. The normalized spacial score (nSPS) is 16.1. The number of rotatable bonds is 8. The molecule has 0 saturated carbocycles. The summed E-state index contributed by atoms with van der Waals surface area (Å²) < 4.78 is 11.4. The average molecular weight is 461 g/mol. The van der Waals surface area contributed by atoms with Crippen molar-refractivity contribution in [2.24, 2.45) is 5.73 Å². The van der Waals surface area contributed by atoms with Crippen molar-refractivity contribution in [2.45, 2.75) is 19.2 Å². The molecule has 1 fully saturated rings. The highest BCUT2D eigenvalue weighted by Crippen LogP contribution is 2.33. The first kappa shape index (κ1) is 23.3. The van der Waals surface area contributed by atoms with Gasteiger partial charge in [-0.3, -0.25) is 19.5 Å². The van der Waals surface area contributed by atoms with Gasteiger partial charge in [0, 0.05) is 32.4 Å².